The molecule has 0 saturated heterocycles. The second-order valence-electron chi connectivity index (χ2n) is 4.09. The molecular formula is C14H18N2. The molecule has 2 heteroatoms. The van der Waals surface area contributed by atoms with Gasteiger partial charge in [0.05, 0.1) is 0 Å². The lowest BCUT2D eigenvalue weighted by molar-refractivity contribution is 1.04. The third-order valence-electron chi connectivity index (χ3n) is 3.02. The molecule has 16 heavy (non-hydrogen) atoms. The van der Waals surface area contributed by atoms with Crippen LogP contribution in [-0.2, 0) is 13.0 Å². The Kier molecular flexibility index (Phi) is 3.11. The van der Waals surface area contributed by atoms with Crippen LogP contribution in [0.2, 0.25) is 0 Å². The van der Waals surface area contributed by atoms with E-state index in [2.05, 4.69) is 49.2 Å². The number of hydrogen-bond donors (Lipinski definition) is 2. The topological polar surface area (TPSA) is 41.8 Å². The fourth-order valence-electron chi connectivity index (χ4n) is 1.89. The van der Waals surface area contributed by atoms with Gasteiger partial charge < -0.3 is 10.7 Å². The quantitative estimate of drug-likeness (QED) is 0.810. The number of aromatic amines is 1. The van der Waals surface area contributed by atoms with Crippen molar-refractivity contribution in [1.82, 2.24) is 4.98 Å². The van der Waals surface area contributed by atoms with E-state index in [0.29, 0.717) is 6.54 Å². The summed E-state index contributed by atoms with van der Waals surface area (Å²) in [6.45, 7) is 4.82. The van der Waals surface area contributed by atoms with Gasteiger partial charge in [0.25, 0.3) is 0 Å². The van der Waals surface area contributed by atoms with Crippen molar-refractivity contribution in [3.05, 3.63) is 47.2 Å². The number of rotatable bonds is 3. The average Bonchev–Trinajstić information content (AvgIpc) is 2.71. The first-order valence-electron chi connectivity index (χ1n) is 5.72. The zero-order valence-electron chi connectivity index (χ0n) is 9.88. The van der Waals surface area contributed by atoms with Crippen LogP contribution in [0.3, 0.4) is 0 Å². The van der Waals surface area contributed by atoms with E-state index in [1.54, 1.807) is 0 Å². The van der Waals surface area contributed by atoms with Gasteiger partial charge in [0.2, 0.25) is 0 Å². The van der Waals surface area contributed by atoms with Crippen molar-refractivity contribution >= 4 is 0 Å². The van der Waals surface area contributed by atoms with Crippen molar-refractivity contribution < 1.29 is 0 Å². The summed E-state index contributed by atoms with van der Waals surface area (Å²) in [6, 6.07) is 10.8. The molecule has 0 fully saturated rings. The largest absolute Gasteiger partial charge is 0.358 e. The lowest BCUT2D eigenvalue weighted by Crippen LogP contribution is -1.95. The van der Waals surface area contributed by atoms with Gasteiger partial charge in [0.15, 0.2) is 0 Å². The van der Waals surface area contributed by atoms with Gasteiger partial charge >= 0.3 is 0 Å². The molecule has 1 aromatic carbocycles. The Labute approximate surface area is 96.5 Å². The molecule has 0 spiro atoms. The highest BCUT2D eigenvalue weighted by atomic mass is 14.7. The smallest absolute Gasteiger partial charge is 0.0459 e. The van der Waals surface area contributed by atoms with Gasteiger partial charge in [-0.15, -0.1) is 0 Å². The molecule has 0 radical (unpaired) electrons. The fourth-order valence-corrected chi connectivity index (χ4v) is 1.89. The summed E-state index contributed by atoms with van der Waals surface area (Å²) in [5.41, 5.74) is 11.8. The molecule has 0 bridgehead atoms. The van der Waals surface area contributed by atoms with E-state index in [4.69, 9.17) is 5.73 Å². The first-order valence-corrected chi connectivity index (χ1v) is 5.72. The highest BCUT2D eigenvalue weighted by molar-refractivity contribution is 5.61. The van der Waals surface area contributed by atoms with Gasteiger partial charge in [0.1, 0.15) is 0 Å². The molecule has 84 valence electrons. The van der Waals surface area contributed by atoms with E-state index < -0.39 is 0 Å². The molecule has 1 heterocycles. The minimum Gasteiger partial charge on any atom is -0.358 e. The molecule has 0 saturated carbocycles. The second-order valence-corrected chi connectivity index (χ2v) is 4.09. The molecule has 2 aromatic rings. The Bertz CT molecular complexity index is 466. The number of benzene rings is 1. The van der Waals surface area contributed by atoms with Crippen molar-refractivity contribution in [3.63, 3.8) is 0 Å². The Morgan fingerprint density at radius 1 is 1.19 bits per heavy atom. The summed E-state index contributed by atoms with van der Waals surface area (Å²) in [7, 11) is 0. The molecule has 0 aliphatic carbocycles. The van der Waals surface area contributed by atoms with Crippen molar-refractivity contribution in [1.29, 1.82) is 0 Å². The number of nitrogens with one attached hydrogen (secondary N) is 1. The van der Waals surface area contributed by atoms with Crippen LogP contribution in [0.4, 0.5) is 0 Å². The molecule has 0 aliphatic heterocycles. The van der Waals surface area contributed by atoms with Crippen molar-refractivity contribution in [3.8, 4) is 11.3 Å². The summed E-state index contributed by atoms with van der Waals surface area (Å²) in [5.74, 6) is 0. The summed E-state index contributed by atoms with van der Waals surface area (Å²) in [6.07, 6.45) is 1.08. The van der Waals surface area contributed by atoms with Crippen LogP contribution in [0, 0.1) is 6.92 Å². The van der Waals surface area contributed by atoms with Crippen molar-refractivity contribution in [2.45, 2.75) is 26.8 Å². The average molecular weight is 214 g/mol. The maximum atomic E-state index is 5.67. The Morgan fingerprint density at radius 2 is 1.88 bits per heavy atom. The highest BCUT2D eigenvalue weighted by Gasteiger charge is 2.04. The third kappa shape index (κ3) is 2.02. The first kappa shape index (κ1) is 11.0. The highest BCUT2D eigenvalue weighted by Crippen LogP contribution is 2.22. The molecule has 0 amide bonds. The van der Waals surface area contributed by atoms with E-state index in [-0.39, 0.29) is 0 Å². The lowest BCUT2D eigenvalue weighted by atomic mass is 10.1. The van der Waals surface area contributed by atoms with Gasteiger partial charge in [-0.05, 0) is 36.1 Å². The number of hydrogen-bond acceptors (Lipinski definition) is 1. The van der Waals surface area contributed by atoms with Crippen molar-refractivity contribution in [2.75, 3.05) is 0 Å². The second kappa shape index (κ2) is 4.54. The molecule has 0 unspecified atom stereocenters. The van der Waals surface area contributed by atoms with Crippen LogP contribution in [0.15, 0.2) is 30.3 Å². The lowest BCUT2D eigenvalue weighted by Gasteiger charge is -2.00. The van der Waals surface area contributed by atoms with Crippen LogP contribution in [0.25, 0.3) is 11.3 Å². The SMILES string of the molecule is CCc1ccc(-c2cc(CN)c(C)[nH]2)cc1. The van der Waals surface area contributed by atoms with Crippen LogP contribution in [0.5, 0.6) is 0 Å². The van der Waals surface area contributed by atoms with Gasteiger partial charge in [-0.25, -0.2) is 0 Å². The van der Waals surface area contributed by atoms with Gasteiger partial charge in [-0.2, -0.15) is 0 Å². The van der Waals surface area contributed by atoms with Crippen LogP contribution < -0.4 is 5.73 Å². The predicted molar refractivity (Wildman–Crippen MR) is 68.2 cm³/mol. The molecule has 2 rings (SSSR count). The first-order chi connectivity index (χ1) is 7.74. The number of nitrogens with two attached hydrogens (primary N) is 1. The summed E-state index contributed by atoms with van der Waals surface area (Å²) in [4.78, 5) is 3.37. The minimum atomic E-state index is 0.593. The van der Waals surface area contributed by atoms with E-state index in [9.17, 15) is 0 Å². The standard InChI is InChI=1S/C14H18N2/c1-3-11-4-6-12(7-5-11)14-8-13(9-15)10(2)16-14/h4-8,16H,3,9,15H2,1-2H3. The normalized spacial score (nSPS) is 10.7. The zero-order valence-corrected chi connectivity index (χ0v) is 9.88. The van der Waals surface area contributed by atoms with Gasteiger partial charge in [-0.3, -0.25) is 0 Å². The van der Waals surface area contributed by atoms with Crippen molar-refractivity contribution in [2.24, 2.45) is 5.73 Å². The maximum absolute atomic E-state index is 5.67. The van der Waals surface area contributed by atoms with Crippen LogP contribution in [0.1, 0.15) is 23.7 Å². The van der Waals surface area contributed by atoms with E-state index in [1.807, 2.05) is 0 Å². The number of aryl methyl sites for hydroxylation is 2. The molecular weight excluding hydrogens is 196 g/mol. The Balaban J connectivity index is 2.34. The summed E-state index contributed by atoms with van der Waals surface area (Å²) >= 11 is 0. The number of H-pyrrole nitrogens is 1. The van der Waals surface area contributed by atoms with E-state index >= 15 is 0 Å². The Hall–Kier alpha value is -1.54. The van der Waals surface area contributed by atoms with E-state index in [0.717, 1.165) is 17.8 Å². The third-order valence-corrected chi connectivity index (χ3v) is 3.02. The minimum absolute atomic E-state index is 0.593. The zero-order chi connectivity index (χ0) is 11.5. The van der Waals surface area contributed by atoms with Gasteiger partial charge in [-0.1, -0.05) is 31.2 Å². The fraction of sp³-hybridized carbons (Fsp3) is 0.286. The van der Waals surface area contributed by atoms with Crippen LogP contribution >= 0.6 is 0 Å². The predicted octanol–water partition coefficient (Wildman–Crippen LogP) is 3.01. The van der Waals surface area contributed by atoms with E-state index in [1.165, 1.54) is 16.7 Å². The molecule has 2 nitrogen and oxygen atoms in total. The monoisotopic (exact) mass is 214 g/mol. The molecule has 1 aromatic heterocycles. The summed E-state index contributed by atoms with van der Waals surface area (Å²) < 4.78 is 0. The molecule has 0 atom stereocenters. The number of aromatic nitrogens is 1. The van der Waals surface area contributed by atoms with Crippen LogP contribution in [-0.4, -0.2) is 4.98 Å². The molecule has 3 N–H and O–H groups in total. The Morgan fingerprint density at radius 3 is 2.38 bits per heavy atom. The maximum Gasteiger partial charge on any atom is 0.0459 e. The van der Waals surface area contributed by atoms with Gasteiger partial charge in [0, 0.05) is 17.9 Å². The summed E-state index contributed by atoms with van der Waals surface area (Å²) in [5, 5.41) is 0. The molecule has 0 aliphatic rings.